The van der Waals surface area contributed by atoms with Crippen molar-refractivity contribution >= 4 is 11.5 Å². The molecule has 3 aromatic rings. The topological polar surface area (TPSA) is 110 Å². The van der Waals surface area contributed by atoms with Crippen LogP contribution in [0.5, 0.6) is 0 Å². The van der Waals surface area contributed by atoms with E-state index in [0.717, 1.165) is 11.6 Å². The zero-order chi connectivity index (χ0) is 15.4. The second-order valence-corrected chi connectivity index (χ2v) is 4.48. The Balaban J connectivity index is 1.74. The SMILES string of the molecule is O=C(C=C(O)c1ccn(Cc2ccncc2)n1)c1ncn[nH]1. The lowest BCUT2D eigenvalue weighted by Crippen LogP contribution is -2.02. The first-order valence-electron chi connectivity index (χ1n) is 6.45. The number of nitrogens with one attached hydrogen (secondary N) is 1. The average molecular weight is 296 g/mol. The van der Waals surface area contributed by atoms with Gasteiger partial charge in [0.15, 0.2) is 5.82 Å². The number of pyridine rings is 1. The van der Waals surface area contributed by atoms with Gasteiger partial charge in [0.2, 0.25) is 5.78 Å². The van der Waals surface area contributed by atoms with Crippen molar-refractivity contribution in [3.63, 3.8) is 0 Å². The van der Waals surface area contributed by atoms with E-state index in [1.54, 1.807) is 29.3 Å². The summed E-state index contributed by atoms with van der Waals surface area (Å²) in [6, 6.07) is 5.38. The van der Waals surface area contributed by atoms with Crippen molar-refractivity contribution < 1.29 is 9.90 Å². The lowest BCUT2D eigenvalue weighted by molar-refractivity contribution is 0.103. The molecule has 0 fully saturated rings. The van der Waals surface area contributed by atoms with E-state index >= 15 is 0 Å². The van der Waals surface area contributed by atoms with Crippen LogP contribution in [0.25, 0.3) is 5.76 Å². The normalized spacial score (nSPS) is 11.5. The lowest BCUT2D eigenvalue weighted by atomic mass is 10.2. The van der Waals surface area contributed by atoms with Crippen LogP contribution in [0.3, 0.4) is 0 Å². The molecule has 0 bridgehead atoms. The summed E-state index contributed by atoms with van der Waals surface area (Å²) in [7, 11) is 0. The Morgan fingerprint density at radius 3 is 2.86 bits per heavy atom. The van der Waals surface area contributed by atoms with Crippen molar-refractivity contribution in [3.05, 3.63) is 66.3 Å². The zero-order valence-corrected chi connectivity index (χ0v) is 11.4. The fraction of sp³-hybridized carbons (Fsp3) is 0.0714. The van der Waals surface area contributed by atoms with Gasteiger partial charge in [-0.3, -0.25) is 19.6 Å². The first kappa shape index (κ1) is 13.7. The minimum atomic E-state index is -0.473. The number of aromatic nitrogens is 6. The molecule has 0 aliphatic rings. The zero-order valence-electron chi connectivity index (χ0n) is 11.4. The van der Waals surface area contributed by atoms with Crippen molar-refractivity contribution in [3.8, 4) is 0 Å². The number of rotatable bonds is 5. The Morgan fingerprint density at radius 1 is 1.32 bits per heavy atom. The number of H-pyrrole nitrogens is 1. The van der Waals surface area contributed by atoms with Crippen molar-refractivity contribution in [2.75, 3.05) is 0 Å². The maximum Gasteiger partial charge on any atom is 0.226 e. The van der Waals surface area contributed by atoms with Crippen molar-refractivity contribution in [1.29, 1.82) is 0 Å². The third-order valence-electron chi connectivity index (χ3n) is 2.91. The summed E-state index contributed by atoms with van der Waals surface area (Å²) < 4.78 is 1.66. The maximum absolute atomic E-state index is 11.8. The van der Waals surface area contributed by atoms with Gasteiger partial charge in [-0.25, -0.2) is 4.98 Å². The van der Waals surface area contributed by atoms with Gasteiger partial charge in [-0.2, -0.15) is 10.2 Å². The molecule has 0 saturated carbocycles. The first-order valence-corrected chi connectivity index (χ1v) is 6.45. The predicted molar refractivity (Wildman–Crippen MR) is 76.9 cm³/mol. The molecule has 110 valence electrons. The van der Waals surface area contributed by atoms with Crippen molar-refractivity contribution in [2.24, 2.45) is 0 Å². The highest BCUT2D eigenvalue weighted by molar-refractivity contribution is 6.05. The van der Waals surface area contributed by atoms with Crippen molar-refractivity contribution in [2.45, 2.75) is 6.54 Å². The van der Waals surface area contributed by atoms with E-state index < -0.39 is 5.78 Å². The summed E-state index contributed by atoms with van der Waals surface area (Å²) in [6.07, 6.45) is 7.40. The van der Waals surface area contributed by atoms with Crippen LogP contribution in [0, 0.1) is 0 Å². The Morgan fingerprint density at radius 2 is 2.14 bits per heavy atom. The number of ketones is 1. The number of aliphatic hydroxyl groups is 1. The van der Waals surface area contributed by atoms with E-state index in [9.17, 15) is 9.90 Å². The standard InChI is InChI=1S/C14H12N6O2/c21-12(7-13(22)14-16-9-17-18-14)11-3-6-20(19-11)8-10-1-4-15-5-2-10/h1-7,9,21H,8H2,(H,16,17,18). The molecule has 3 heterocycles. The van der Waals surface area contributed by atoms with Crippen LogP contribution in [-0.2, 0) is 6.54 Å². The van der Waals surface area contributed by atoms with Gasteiger partial charge in [0.25, 0.3) is 0 Å². The molecule has 3 rings (SSSR count). The number of aliphatic hydroxyl groups excluding tert-OH is 1. The second-order valence-electron chi connectivity index (χ2n) is 4.48. The van der Waals surface area contributed by atoms with Gasteiger partial charge in [0, 0.05) is 24.7 Å². The molecule has 22 heavy (non-hydrogen) atoms. The highest BCUT2D eigenvalue weighted by Crippen LogP contribution is 2.10. The molecule has 0 aromatic carbocycles. The van der Waals surface area contributed by atoms with Gasteiger partial charge >= 0.3 is 0 Å². The summed E-state index contributed by atoms with van der Waals surface area (Å²) in [5, 5.41) is 20.2. The molecule has 0 atom stereocenters. The number of carbonyl (C=O) groups is 1. The summed E-state index contributed by atoms with van der Waals surface area (Å²) in [4.78, 5) is 19.4. The maximum atomic E-state index is 11.8. The molecule has 0 radical (unpaired) electrons. The Kier molecular flexibility index (Phi) is 3.73. The Bertz CT molecular complexity index is 792. The molecular formula is C14H12N6O2. The fourth-order valence-electron chi connectivity index (χ4n) is 1.85. The van der Waals surface area contributed by atoms with Crippen LogP contribution >= 0.6 is 0 Å². The van der Waals surface area contributed by atoms with Gasteiger partial charge in [-0.1, -0.05) is 0 Å². The largest absolute Gasteiger partial charge is 0.505 e. The van der Waals surface area contributed by atoms with Crippen LogP contribution in [0.15, 0.2) is 49.2 Å². The summed E-state index contributed by atoms with van der Waals surface area (Å²) in [5.74, 6) is -0.642. The molecular weight excluding hydrogens is 284 g/mol. The van der Waals surface area contributed by atoms with E-state index in [2.05, 4.69) is 25.3 Å². The number of carbonyl (C=O) groups excluding carboxylic acids is 1. The van der Waals surface area contributed by atoms with E-state index in [1.807, 2.05) is 12.1 Å². The minimum Gasteiger partial charge on any atom is -0.505 e. The molecule has 2 N–H and O–H groups in total. The lowest BCUT2D eigenvalue weighted by Gasteiger charge is -2.00. The van der Waals surface area contributed by atoms with Crippen LogP contribution in [0.1, 0.15) is 21.9 Å². The van der Waals surface area contributed by atoms with Crippen LogP contribution in [-0.4, -0.2) is 40.8 Å². The molecule has 0 amide bonds. The van der Waals surface area contributed by atoms with E-state index in [1.165, 1.54) is 6.33 Å². The minimum absolute atomic E-state index is 0.0581. The van der Waals surface area contributed by atoms with Gasteiger partial charge in [0.1, 0.15) is 17.8 Å². The molecule has 0 saturated heterocycles. The number of aromatic amines is 1. The molecule has 0 aliphatic carbocycles. The van der Waals surface area contributed by atoms with Crippen LogP contribution in [0.4, 0.5) is 0 Å². The molecule has 3 aromatic heterocycles. The summed E-state index contributed by atoms with van der Waals surface area (Å²) >= 11 is 0. The molecule has 0 unspecified atom stereocenters. The molecule has 8 heteroatoms. The van der Waals surface area contributed by atoms with Crippen LogP contribution < -0.4 is 0 Å². The quantitative estimate of drug-likeness (QED) is 0.416. The van der Waals surface area contributed by atoms with E-state index in [4.69, 9.17) is 0 Å². The Labute approximate surface area is 125 Å². The Hall–Kier alpha value is -3.29. The highest BCUT2D eigenvalue weighted by Gasteiger charge is 2.10. The second kappa shape index (κ2) is 6.00. The smallest absolute Gasteiger partial charge is 0.226 e. The highest BCUT2D eigenvalue weighted by atomic mass is 16.3. The van der Waals surface area contributed by atoms with Crippen molar-refractivity contribution in [1.82, 2.24) is 29.9 Å². The van der Waals surface area contributed by atoms with Gasteiger partial charge in [-0.15, -0.1) is 0 Å². The number of hydrogen-bond acceptors (Lipinski definition) is 6. The monoisotopic (exact) mass is 296 g/mol. The average Bonchev–Trinajstić information content (AvgIpc) is 3.19. The molecule has 0 aliphatic heterocycles. The third-order valence-corrected chi connectivity index (χ3v) is 2.91. The predicted octanol–water partition coefficient (Wildman–Crippen LogP) is 1.23. The van der Waals surface area contributed by atoms with E-state index in [0.29, 0.717) is 12.2 Å². The summed E-state index contributed by atoms with van der Waals surface area (Å²) in [5.41, 5.74) is 1.34. The van der Waals surface area contributed by atoms with Gasteiger partial charge < -0.3 is 5.11 Å². The van der Waals surface area contributed by atoms with Gasteiger partial charge in [0.05, 0.1) is 6.54 Å². The third kappa shape index (κ3) is 3.06. The fourth-order valence-corrected chi connectivity index (χ4v) is 1.85. The number of hydrogen-bond donors (Lipinski definition) is 2. The number of nitrogens with zero attached hydrogens (tertiary/aromatic N) is 5. The summed E-state index contributed by atoms with van der Waals surface area (Å²) in [6.45, 7) is 0.547. The molecule has 8 nitrogen and oxygen atoms in total. The van der Waals surface area contributed by atoms with Gasteiger partial charge in [-0.05, 0) is 23.8 Å². The van der Waals surface area contributed by atoms with E-state index in [-0.39, 0.29) is 11.6 Å². The first-order chi connectivity index (χ1) is 10.7. The number of allylic oxidation sites excluding steroid dienone is 1. The molecule has 0 spiro atoms. The van der Waals surface area contributed by atoms with Crippen LogP contribution in [0.2, 0.25) is 0 Å².